The SMILES string of the molecule is CCCCC1CCC(C(O)c2sccc2C)CC1. The van der Waals surface area contributed by atoms with Crippen molar-refractivity contribution in [2.75, 3.05) is 0 Å². The minimum atomic E-state index is -0.211. The molecular formula is C16H26OS. The van der Waals surface area contributed by atoms with Gasteiger partial charge in [0.2, 0.25) is 0 Å². The highest BCUT2D eigenvalue weighted by Crippen LogP contribution is 2.40. The third kappa shape index (κ3) is 3.36. The first-order valence-electron chi connectivity index (χ1n) is 7.44. The molecule has 18 heavy (non-hydrogen) atoms. The van der Waals surface area contributed by atoms with E-state index in [4.69, 9.17) is 0 Å². The Hall–Kier alpha value is -0.340. The molecule has 0 radical (unpaired) electrons. The molecule has 1 N–H and O–H groups in total. The van der Waals surface area contributed by atoms with Crippen LogP contribution in [0.2, 0.25) is 0 Å². The van der Waals surface area contributed by atoms with Gasteiger partial charge in [0.05, 0.1) is 6.10 Å². The standard InChI is InChI=1S/C16H26OS/c1-3-4-5-13-6-8-14(9-7-13)15(17)16-12(2)10-11-18-16/h10-11,13-15,17H,3-9H2,1-2H3. The van der Waals surface area contributed by atoms with Crippen LogP contribution in [-0.2, 0) is 0 Å². The number of thiophene rings is 1. The van der Waals surface area contributed by atoms with Crippen molar-refractivity contribution in [1.82, 2.24) is 0 Å². The first-order valence-corrected chi connectivity index (χ1v) is 8.32. The molecule has 1 fully saturated rings. The average Bonchev–Trinajstić information content (AvgIpc) is 2.82. The van der Waals surface area contributed by atoms with Crippen molar-refractivity contribution < 1.29 is 5.11 Å². The first kappa shape index (κ1) is 14.1. The molecule has 1 aliphatic carbocycles. The highest BCUT2D eigenvalue weighted by Gasteiger charge is 2.28. The zero-order valence-corrected chi connectivity index (χ0v) is 12.5. The number of aryl methyl sites for hydroxylation is 1. The molecule has 0 aliphatic heterocycles. The Morgan fingerprint density at radius 1 is 1.33 bits per heavy atom. The van der Waals surface area contributed by atoms with Crippen LogP contribution in [0.4, 0.5) is 0 Å². The summed E-state index contributed by atoms with van der Waals surface area (Å²) < 4.78 is 0. The van der Waals surface area contributed by atoms with Gasteiger partial charge in [0, 0.05) is 4.88 Å². The molecule has 0 aromatic carbocycles. The highest BCUT2D eigenvalue weighted by molar-refractivity contribution is 7.10. The molecule has 1 aliphatic rings. The van der Waals surface area contributed by atoms with Crippen molar-refractivity contribution in [3.05, 3.63) is 21.9 Å². The van der Waals surface area contributed by atoms with Crippen molar-refractivity contribution in [2.45, 2.75) is 64.9 Å². The second-order valence-electron chi connectivity index (χ2n) is 5.84. The van der Waals surface area contributed by atoms with E-state index in [9.17, 15) is 5.11 Å². The lowest BCUT2D eigenvalue weighted by molar-refractivity contribution is 0.0743. The summed E-state index contributed by atoms with van der Waals surface area (Å²) >= 11 is 1.72. The van der Waals surface area contributed by atoms with Gasteiger partial charge < -0.3 is 5.11 Å². The van der Waals surface area contributed by atoms with Gasteiger partial charge in [-0.15, -0.1) is 11.3 Å². The van der Waals surface area contributed by atoms with Crippen LogP contribution in [0.1, 0.15) is 68.4 Å². The van der Waals surface area contributed by atoms with E-state index in [0.29, 0.717) is 5.92 Å². The molecule has 0 spiro atoms. The number of unbranched alkanes of at least 4 members (excludes halogenated alkanes) is 1. The van der Waals surface area contributed by atoms with E-state index in [1.165, 1.54) is 55.4 Å². The quantitative estimate of drug-likeness (QED) is 0.787. The fraction of sp³-hybridized carbons (Fsp3) is 0.750. The topological polar surface area (TPSA) is 20.2 Å². The van der Waals surface area contributed by atoms with Gasteiger partial charge >= 0.3 is 0 Å². The van der Waals surface area contributed by atoms with Gasteiger partial charge in [-0.05, 0) is 48.6 Å². The van der Waals surface area contributed by atoms with Crippen LogP contribution in [-0.4, -0.2) is 5.11 Å². The van der Waals surface area contributed by atoms with Crippen LogP contribution in [0.5, 0.6) is 0 Å². The van der Waals surface area contributed by atoms with E-state index < -0.39 is 0 Å². The predicted octanol–water partition coefficient (Wildman–Crippen LogP) is 5.09. The fourth-order valence-electron chi connectivity index (χ4n) is 3.19. The van der Waals surface area contributed by atoms with Crippen molar-refractivity contribution in [1.29, 1.82) is 0 Å². The van der Waals surface area contributed by atoms with Crippen LogP contribution in [0.3, 0.4) is 0 Å². The van der Waals surface area contributed by atoms with E-state index >= 15 is 0 Å². The second-order valence-corrected chi connectivity index (χ2v) is 6.78. The van der Waals surface area contributed by atoms with Gasteiger partial charge in [0.25, 0.3) is 0 Å². The Bertz CT molecular complexity index is 350. The summed E-state index contributed by atoms with van der Waals surface area (Å²) in [6.45, 7) is 4.39. The molecular weight excluding hydrogens is 240 g/mol. The van der Waals surface area contributed by atoms with Gasteiger partial charge in [0.15, 0.2) is 0 Å². The normalized spacial score (nSPS) is 26.2. The van der Waals surface area contributed by atoms with Crippen LogP contribution in [0, 0.1) is 18.8 Å². The van der Waals surface area contributed by atoms with Crippen LogP contribution in [0.25, 0.3) is 0 Å². The molecule has 1 heterocycles. The first-order chi connectivity index (χ1) is 8.72. The molecule has 1 nitrogen and oxygen atoms in total. The zero-order chi connectivity index (χ0) is 13.0. The third-order valence-electron chi connectivity index (χ3n) is 4.47. The molecule has 1 saturated carbocycles. The Morgan fingerprint density at radius 2 is 2.06 bits per heavy atom. The molecule has 1 aromatic rings. The largest absolute Gasteiger partial charge is 0.387 e. The van der Waals surface area contributed by atoms with Crippen LogP contribution >= 0.6 is 11.3 Å². The van der Waals surface area contributed by atoms with Crippen LogP contribution in [0.15, 0.2) is 11.4 Å². The molecule has 0 bridgehead atoms. The van der Waals surface area contributed by atoms with Gasteiger partial charge in [-0.3, -0.25) is 0 Å². The summed E-state index contributed by atoms with van der Waals surface area (Å²) in [5.74, 6) is 1.43. The molecule has 2 heteroatoms. The number of aliphatic hydroxyl groups excluding tert-OH is 1. The number of aliphatic hydroxyl groups is 1. The van der Waals surface area contributed by atoms with E-state index in [1.54, 1.807) is 11.3 Å². The summed E-state index contributed by atoms with van der Waals surface area (Å²) in [5.41, 5.74) is 1.26. The van der Waals surface area contributed by atoms with Gasteiger partial charge in [-0.25, -0.2) is 0 Å². The van der Waals surface area contributed by atoms with Gasteiger partial charge in [0.1, 0.15) is 0 Å². The van der Waals surface area contributed by atoms with Crippen molar-refractivity contribution in [3.8, 4) is 0 Å². The highest BCUT2D eigenvalue weighted by atomic mass is 32.1. The Labute approximate surface area is 115 Å². The Kier molecular flexibility index (Phi) is 5.25. The third-order valence-corrected chi connectivity index (χ3v) is 5.56. The second kappa shape index (κ2) is 6.72. The fourth-order valence-corrected chi connectivity index (χ4v) is 4.19. The van der Waals surface area contributed by atoms with Gasteiger partial charge in [-0.1, -0.05) is 39.0 Å². The van der Waals surface area contributed by atoms with E-state index in [2.05, 4.69) is 25.3 Å². The maximum atomic E-state index is 10.5. The number of hydrogen-bond acceptors (Lipinski definition) is 2. The van der Waals surface area contributed by atoms with E-state index in [0.717, 1.165) is 5.92 Å². The van der Waals surface area contributed by atoms with Crippen LogP contribution < -0.4 is 0 Å². The summed E-state index contributed by atoms with van der Waals surface area (Å²) in [6, 6.07) is 2.12. The van der Waals surface area contributed by atoms with Crippen molar-refractivity contribution >= 4 is 11.3 Å². The molecule has 1 aromatic heterocycles. The lowest BCUT2D eigenvalue weighted by Crippen LogP contribution is -2.20. The minimum Gasteiger partial charge on any atom is -0.387 e. The predicted molar refractivity (Wildman–Crippen MR) is 79.0 cm³/mol. The Balaban J connectivity index is 1.84. The summed E-state index contributed by atoms with van der Waals surface area (Å²) in [4.78, 5) is 1.20. The smallest absolute Gasteiger partial charge is 0.0912 e. The van der Waals surface area contributed by atoms with E-state index in [1.807, 2.05) is 0 Å². The van der Waals surface area contributed by atoms with Crippen molar-refractivity contribution in [2.24, 2.45) is 11.8 Å². The maximum Gasteiger partial charge on any atom is 0.0912 e. The zero-order valence-electron chi connectivity index (χ0n) is 11.7. The average molecular weight is 266 g/mol. The monoisotopic (exact) mass is 266 g/mol. The number of hydrogen-bond donors (Lipinski definition) is 1. The molecule has 102 valence electrons. The van der Waals surface area contributed by atoms with Gasteiger partial charge in [-0.2, -0.15) is 0 Å². The summed E-state index contributed by atoms with van der Waals surface area (Å²) in [7, 11) is 0. The lowest BCUT2D eigenvalue weighted by Gasteiger charge is -2.31. The molecule has 0 saturated heterocycles. The van der Waals surface area contributed by atoms with E-state index in [-0.39, 0.29) is 6.10 Å². The molecule has 1 unspecified atom stereocenters. The maximum absolute atomic E-state index is 10.5. The molecule has 2 rings (SSSR count). The minimum absolute atomic E-state index is 0.211. The summed E-state index contributed by atoms with van der Waals surface area (Å²) in [6.07, 6.45) is 8.96. The van der Waals surface area contributed by atoms with Crippen molar-refractivity contribution in [3.63, 3.8) is 0 Å². The molecule has 1 atom stereocenters. The number of rotatable bonds is 5. The summed E-state index contributed by atoms with van der Waals surface area (Å²) in [5, 5.41) is 12.6. The molecule has 0 amide bonds. The Morgan fingerprint density at radius 3 is 2.61 bits per heavy atom. The lowest BCUT2D eigenvalue weighted by atomic mass is 9.77.